The van der Waals surface area contributed by atoms with Crippen LogP contribution in [0.1, 0.15) is 34.5 Å². The Morgan fingerprint density at radius 3 is 2.61 bits per heavy atom. The van der Waals surface area contributed by atoms with Crippen LogP contribution in [0.5, 0.6) is 11.5 Å². The van der Waals surface area contributed by atoms with Crippen molar-refractivity contribution in [3.63, 3.8) is 0 Å². The molecule has 7 nitrogen and oxygen atoms in total. The standard InChI is InChI=1S/C29H31N5O2/c1-17-11-19(5-7-24(17)29(35)31-27-13-21-12-20(27)16-33(21)3)26-14-23(9-10-30-26)36-22-6-8-25-18(2)32-34(4)28(25)15-22/h5-11,14-15,20-21,27H,12-13,16H2,1-4H3,(H,31,35)/t20-,21-,27-/m1/s1. The fourth-order valence-corrected chi connectivity index (χ4v) is 5.93. The molecular formula is C29H31N5O2. The van der Waals surface area contributed by atoms with Gasteiger partial charge in [0.15, 0.2) is 0 Å². The van der Waals surface area contributed by atoms with Gasteiger partial charge in [-0.15, -0.1) is 0 Å². The average Bonchev–Trinajstić information content (AvgIpc) is 3.51. The van der Waals surface area contributed by atoms with Crippen molar-refractivity contribution < 1.29 is 9.53 Å². The topological polar surface area (TPSA) is 72.3 Å². The largest absolute Gasteiger partial charge is 0.457 e. The fourth-order valence-electron chi connectivity index (χ4n) is 5.93. The number of hydrogen-bond donors (Lipinski definition) is 1. The molecular weight excluding hydrogens is 450 g/mol. The zero-order valence-corrected chi connectivity index (χ0v) is 21.2. The molecule has 3 atom stereocenters. The highest BCUT2D eigenvalue weighted by molar-refractivity contribution is 5.96. The molecule has 1 saturated carbocycles. The van der Waals surface area contributed by atoms with Crippen LogP contribution in [-0.2, 0) is 7.05 Å². The number of aromatic nitrogens is 3. The molecule has 7 heteroatoms. The number of amides is 1. The van der Waals surface area contributed by atoms with Gasteiger partial charge < -0.3 is 15.0 Å². The highest BCUT2D eigenvalue weighted by Crippen LogP contribution is 2.37. The van der Waals surface area contributed by atoms with E-state index >= 15 is 0 Å². The molecule has 0 unspecified atom stereocenters. The molecule has 1 N–H and O–H groups in total. The van der Waals surface area contributed by atoms with E-state index in [4.69, 9.17) is 4.74 Å². The predicted molar refractivity (Wildman–Crippen MR) is 140 cm³/mol. The Bertz CT molecular complexity index is 1470. The SMILES string of the molecule is Cc1cc(-c2cc(Oc3ccc4c(C)nn(C)c4c3)ccn2)ccc1C(=O)N[C@@H]1C[C@H]2C[C@@H]1CN2C. The van der Waals surface area contributed by atoms with E-state index in [0.29, 0.717) is 17.7 Å². The first-order valence-corrected chi connectivity index (χ1v) is 12.5. The molecule has 1 saturated heterocycles. The predicted octanol–water partition coefficient (Wildman–Crippen LogP) is 4.87. The van der Waals surface area contributed by atoms with Crippen molar-refractivity contribution in [3.05, 3.63) is 71.5 Å². The lowest BCUT2D eigenvalue weighted by Crippen LogP contribution is -2.44. The van der Waals surface area contributed by atoms with Gasteiger partial charge in [-0.2, -0.15) is 5.10 Å². The quantitative estimate of drug-likeness (QED) is 0.440. The van der Waals surface area contributed by atoms with Crippen molar-refractivity contribution in [1.29, 1.82) is 0 Å². The Morgan fingerprint density at radius 1 is 1.03 bits per heavy atom. The van der Waals surface area contributed by atoms with Gasteiger partial charge in [0, 0.05) is 60.5 Å². The van der Waals surface area contributed by atoms with Gasteiger partial charge in [-0.1, -0.05) is 6.07 Å². The molecule has 1 aliphatic carbocycles. The molecule has 184 valence electrons. The van der Waals surface area contributed by atoms with Crippen LogP contribution in [0.4, 0.5) is 0 Å². The number of ether oxygens (including phenoxy) is 1. The second kappa shape index (κ2) is 8.75. The minimum Gasteiger partial charge on any atom is -0.457 e. The molecule has 2 aromatic carbocycles. The van der Waals surface area contributed by atoms with E-state index in [2.05, 4.69) is 27.3 Å². The first kappa shape index (κ1) is 22.7. The number of piperidine rings is 1. The number of likely N-dealkylation sites (tertiary alicyclic amines) is 1. The van der Waals surface area contributed by atoms with E-state index in [0.717, 1.165) is 57.7 Å². The van der Waals surface area contributed by atoms with Crippen LogP contribution in [-0.4, -0.2) is 51.2 Å². The molecule has 3 heterocycles. The van der Waals surface area contributed by atoms with E-state index in [-0.39, 0.29) is 11.9 Å². The summed E-state index contributed by atoms with van der Waals surface area (Å²) in [5.74, 6) is 2.04. The molecule has 0 radical (unpaired) electrons. The van der Waals surface area contributed by atoms with Gasteiger partial charge in [0.1, 0.15) is 11.5 Å². The summed E-state index contributed by atoms with van der Waals surface area (Å²) in [7, 11) is 4.12. The Labute approximate surface area is 211 Å². The lowest BCUT2D eigenvalue weighted by Gasteiger charge is -2.29. The Kier molecular flexibility index (Phi) is 5.52. The van der Waals surface area contributed by atoms with Crippen molar-refractivity contribution >= 4 is 16.8 Å². The highest BCUT2D eigenvalue weighted by atomic mass is 16.5. The van der Waals surface area contributed by atoms with E-state index in [1.54, 1.807) is 6.20 Å². The van der Waals surface area contributed by atoms with Gasteiger partial charge in [0.2, 0.25) is 0 Å². The molecule has 2 fully saturated rings. The minimum atomic E-state index is 0.0186. The number of carbonyl (C=O) groups is 1. The van der Waals surface area contributed by atoms with Crippen molar-refractivity contribution in [2.45, 2.75) is 38.8 Å². The number of fused-ring (bicyclic) bond motifs is 3. The minimum absolute atomic E-state index is 0.0186. The lowest BCUT2D eigenvalue weighted by molar-refractivity contribution is 0.0912. The third kappa shape index (κ3) is 4.03. The van der Waals surface area contributed by atoms with Crippen LogP contribution in [0.3, 0.4) is 0 Å². The van der Waals surface area contributed by atoms with Gasteiger partial charge in [-0.05, 0) is 75.5 Å². The summed E-state index contributed by atoms with van der Waals surface area (Å²) in [5.41, 5.74) is 5.45. The molecule has 2 bridgehead atoms. The molecule has 1 amide bonds. The molecule has 4 aromatic rings. The van der Waals surface area contributed by atoms with Crippen LogP contribution in [0, 0.1) is 19.8 Å². The number of hydrogen-bond acceptors (Lipinski definition) is 5. The summed E-state index contributed by atoms with van der Waals surface area (Å²) in [6, 6.07) is 16.6. The van der Waals surface area contributed by atoms with Gasteiger partial charge in [-0.3, -0.25) is 14.5 Å². The Hall–Kier alpha value is -3.71. The second-order valence-electron chi connectivity index (χ2n) is 10.3. The molecule has 6 rings (SSSR count). The number of carbonyl (C=O) groups excluding carboxylic acids is 1. The average molecular weight is 482 g/mol. The van der Waals surface area contributed by atoms with Crippen molar-refractivity contribution in [2.24, 2.45) is 13.0 Å². The third-order valence-electron chi connectivity index (χ3n) is 7.87. The number of pyridine rings is 1. The van der Waals surface area contributed by atoms with Crippen LogP contribution in [0.25, 0.3) is 22.2 Å². The molecule has 1 aliphatic heterocycles. The summed E-state index contributed by atoms with van der Waals surface area (Å²) in [4.78, 5) is 20.0. The third-order valence-corrected chi connectivity index (χ3v) is 7.87. The summed E-state index contributed by atoms with van der Waals surface area (Å²) in [6.07, 6.45) is 3.99. The van der Waals surface area contributed by atoms with Crippen LogP contribution >= 0.6 is 0 Å². The zero-order chi connectivity index (χ0) is 25.0. The Balaban J connectivity index is 1.18. The summed E-state index contributed by atoms with van der Waals surface area (Å²) < 4.78 is 8.03. The van der Waals surface area contributed by atoms with Gasteiger partial charge >= 0.3 is 0 Å². The van der Waals surface area contributed by atoms with Gasteiger partial charge in [0.25, 0.3) is 5.91 Å². The van der Waals surface area contributed by atoms with E-state index in [1.807, 2.05) is 74.1 Å². The van der Waals surface area contributed by atoms with E-state index in [9.17, 15) is 4.79 Å². The van der Waals surface area contributed by atoms with Crippen molar-refractivity contribution in [1.82, 2.24) is 25.0 Å². The molecule has 36 heavy (non-hydrogen) atoms. The maximum Gasteiger partial charge on any atom is 0.251 e. The van der Waals surface area contributed by atoms with Gasteiger partial charge in [-0.25, -0.2) is 0 Å². The monoisotopic (exact) mass is 481 g/mol. The first-order chi connectivity index (χ1) is 17.4. The number of benzene rings is 2. The second-order valence-corrected chi connectivity index (χ2v) is 10.3. The normalized spacial score (nSPS) is 21.3. The molecule has 0 spiro atoms. The Morgan fingerprint density at radius 2 is 1.86 bits per heavy atom. The first-order valence-electron chi connectivity index (χ1n) is 12.5. The maximum absolute atomic E-state index is 13.0. The van der Waals surface area contributed by atoms with Crippen molar-refractivity contribution in [2.75, 3.05) is 13.6 Å². The molecule has 2 aliphatic rings. The fraction of sp³-hybridized carbons (Fsp3) is 0.345. The highest BCUT2D eigenvalue weighted by Gasteiger charge is 2.43. The zero-order valence-electron chi connectivity index (χ0n) is 21.2. The lowest BCUT2D eigenvalue weighted by atomic mass is 9.99. The number of nitrogens with zero attached hydrogens (tertiary/aromatic N) is 4. The van der Waals surface area contributed by atoms with Crippen LogP contribution in [0.2, 0.25) is 0 Å². The summed E-state index contributed by atoms with van der Waals surface area (Å²) >= 11 is 0. The van der Waals surface area contributed by atoms with Crippen LogP contribution < -0.4 is 10.1 Å². The van der Waals surface area contributed by atoms with Crippen LogP contribution in [0.15, 0.2) is 54.7 Å². The van der Waals surface area contributed by atoms with E-state index < -0.39 is 0 Å². The van der Waals surface area contributed by atoms with Gasteiger partial charge in [0.05, 0.1) is 16.9 Å². The summed E-state index contributed by atoms with van der Waals surface area (Å²) in [6.45, 7) is 5.07. The number of rotatable bonds is 5. The molecule has 2 aromatic heterocycles. The van der Waals surface area contributed by atoms with E-state index in [1.165, 1.54) is 6.42 Å². The number of aryl methyl sites for hydroxylation is 3. The summed E-state index contributed by atoms with van der Waals surface area (Å²) in [5, 5.41) is 8.89. The maximum atomic E-state index is 13.0. The number of nitrogens with one attached hydrogen (secondary N) is 1. The van der Waals surface area contributed by atoms with Crippen molar-refractivity contribution in [3.8, 4) is 22.8 Å². The smallest absolute Gasteiger partial charge is 0.251 e.